The summed E-state index contributed by atoms with van der Waals surface area (Å²) in [4.78, 5) is 0.364. The van der Waals surface area contributed by atoms with Crippen molar-refractivity contribution >= 4 is 10.0 Å². The first-order valence-electron chi connectivity index (χ1n) is 5.91. The standard InChI is InChI=1S/C13H20N2O2S/c1-4-10-15(5-2)18(16,17)13-9-7-6-8-12(13)11-14-3/h4,6-9,14H,1,5,10-11H2,2-3H3. The van der Waals surface area contributed by atoms with Gasteiger partial charge in [-0.1, -0.05) is 31.2 Å². The zero-order valence-corrected chi connectivity index (χ0v) is 11.7. The zero-order chi connectivity index (χ0) is 13.6. The maximum Gasteiger partial charge on any atom is 0.243 e. The molecule has 5 heteroatoms. The Balaban J connectivity index is 3.22. The third-order valence-corrected chi connectivity index (χ3v) is 4.68. The molecule has 1 aromatic rings. The normalized spacial score (nSPS) is 11.7. The van der Waals surface area contributed by atoms with Crippen LogP contribution in [0.25, 0.3) is 0 Å². The summed E-state index contributed by atoms with van der Waals surface area (Å²) >= 11 is 0. The van der Waals surface area contributed by atoms with Crippen molar-refractivity contribution < 1.29 is 8.42 Å². The first-order valence-corrected chi connectivity index (χ1v) is 7.35. The Hall–Kier alpha value is -1.17. The molecule has 0 aliphatic heterocycles. The van der Waals surface area contributed by atoms with E-state index in [0.29, 0.717) is 24.5 Å². The lowest BCUT2D eigenvalue weighted by atomic mass is 10.2. The molecule has 0 bridgehead atoms. The molecule has 0 spiro atoms. The van der Waals surface area contributed by atoms with Crippen molar-refractivity contribution in [2.24, 2.45) is 0 Å². The van der Waals surface area contributed by atoms with Crippen LogP contribution in [-0.2, 0) is 16.6 Å². The van der Waals surface area contributed by atoms with Crippen LogP contribution in [0.3, 0.4) is 0 Å². The molecule has 4 nitrogen and oxygen atoms in total. The number of hydrogen-bond acceptors (Lipinski definition) is 3. The highest BCUT2D eigenvalue weighted by atomic mass is 32.2. The highest BCUT2D eigenvalue weighted by molar-refractivity contribution is 7.89. The van der Waals surface area contributed by atoms with Gasteiger partial charge in [0, 0.05) is 19.6 Å². The number of hydrogen-bond donors (Lipinski definition) is 1. The Morgan fingerprint density at radius 3 is 2.61 bits per heavy atom. The minimum absolute atomic E-state index is 0.326. The van der Waals surface area contributed by atoms with E-state index in [4.69, 9.17) is 0 Å². The summed E-state index contributed by atoms with van der Waals surface area (Å²) < 4.78 is 26.4. The van der Waals surface area contributed by atoms with E-state index >= 15 is 0 Å². The van der Waals surface area contributed by atoms with Gasteiger partial charge >= 0.3 is 0 Å². The SMILES string of the molecule is C=CCN(CC)S(=O)(=O)c1ccccc1CNC. The van der Waals surface area contributed by atoms with Crippen molar-refractivity contribution in [2.75, 3.05) is 20.1 Å². The van der Waals surface area contributed by atoms with Gasteiger partial charge in [-0.05, 0) is 18.7 Å². The molecular formula is C13H20N2O2S. The molecule has 0 fully saturated rings. The molecular weight excluding hydrogens is 248 g/mol. The Morgan fingerprint density at radius 2 is 2.06 bits per heavy atom. The second-order valence-corrected chi connectivity index (χ2v) is 5.79. The number of likely N-dealkylation sites (N-methyl/N-ethyl adjacent to an activating group) is 1. The van der Waals surface area contributed by atoms with Gasteiger partial charge in [-0.3, -0.25) is 0 Å². The van der Waals surface area contributed by atoms with E-state index in [2.05, 4.69) is 11.9 Å². The Kier molecular flexibility index (Phi) is 5.53. The number of sulfonamides is 1. The maximum absolute atomic E-state index is 12.5. The van der Waals surface area contributed by atoms with E-state index in [1.807, 2.05) is 19.1 Å². The van der Waals surface area contributed by atoms with Crippen LogP contribution in [0.4, 0.5) is 0 Å². The summed E-state index contributed by atoms with van der Waals surface area (Å²) in [5.41, 5.74) is 0.780. The molecule has 1 aromatic carbocycles. The molecule has 0 unspecified atom stereocenters. The Labute approximate surface area is 109 Å². The van der Waals surface area contributed by atoms with Gasteiger partial charge in [0.15, 0.2) is 0 Å². The first kappa shape index (κ1) is 14.9. The summed E-state index contributed by atoms with van der Waals surface area (Å²) in [5, 5.41) is 2.98. The number of nitrogens with one attached hydrogen (secondary N) is 1. The maximum atomic E-state index is 12.5. The number of benzene rings is 1. The monoisotopic (exact) mass is 268 g/mol. The zero-order valence-electron chi connectivity index (χ0n) is 10.9. The minimum atomic E-state index is -3.44. The summed E-state index contributed by atoms with van der Waals surface area (Å²) in [5.74, 6) is 0. The summed E-state index contributed by atoms with van der Waals surface area (Å²) in [6.07, 6.45) is 1.60. The topological polar surface area (TPSA) is 49.4 Å². The molecule has 0 radical (unpaired) electrons. The van der Waals surface area contributed by atoms with Crippen LogP contribution in [0.1, 0.15) is 12.5 Å². The lowest BCUT2D eigenvalue weighted by Crippen LogP contribution is -2.32. The molecule has 0 aliphatic rings. The van der Waals surface area contributed by atoms with Gasteiger partial charge in [-0.2, -0.15) is 4.31 Å². The van der Waals surface area contributed by atoms with Gasteiger partial charge in [0.05, 0.1) is 4.90 Å². The molecule has 1 rings (SSSR count). The number of rotatable bonds is 7. The van der Waals surface area contributed by atoms with Crippen LogP contribution in [0.5, 0.6) is 0 Å². The van der Waals surface area contributed by atoms with Crippen LogP contribution in [-0.4, -0.2) is 32.9 Å². The van der Waals surface area contributed by atoms with Gasteiger partial charge in [0.1, 0.15) is 0 Å². The highest BCUT2D eigenvalue weighted by Gasteiger charge is 2.24. The van der Waals surface area contributed by atoms with Crippen molar-refractivity contribution in [2.45, 2.75) is 18.4 Å². The quantitative estimate of drug-likeness (QED) is 0.764. The predicted molar refractivity (Wildman–Crippen MR) is 73.8 cm³/mol. The lowest BCUT2D eigenvalue weighted by Gasteiger charge is -2.20. The smallest absolute Gasteiger partial charge is 0.243 e. The van der Waals surface area contributed by atoms with Crippen molar-refractivity contribution in [3.8, 4) is 0 Å². The fraction of sp³-hybridized carbons (Fsp3) is 0.385. The van der Waals surface area contributed by atoms with E-state index < -0.39 is 10.0 Å². The molecule has 0 saturated heterocycles. The van der Waals surface area contributed by atoms with Gasteiger partial charge in [-0.25, -0.2) is 8.42 Å². The predicted octanol–water partition coefficient (Wildman–Crippen LogP) is 1.60. The third-order valence-electron chi connectivity index (χ3n) is 2.64. The molecule has 100 valence electrons. The van der Waals surface area contributed by atoms with Crippen molar-refractivity contribution in [1.82, 2.24) is 9.62 Å². The van der Waals surface area contributed by atoms with E-state index in [0.717, 1.165) is 5.56 Å². The molecule has 0 saturated carbocycles. The van der Waals surface area contributed by atoms with Crippen LogP contribution in [0, 0.1) is 0 Å². The second kappa shape index (κ2) is 6.68. The fourth-order valence-electron chi connectivity index (χ4n) is 1.77. The van der Waals surface area contributed by atoms with Crippen LogP contribution in [0.15, 0.2) is 41.8 Å². The Bertz CT molecular complexity index is 497. The molecule has 0 amide bonds. The van der Waals surface area contributed by atoms with E-state index in [1.54, 1.807) is 25.3 Å². The molecule has 18 heavy (non-hydrogen) atoms. The van der Waals surface area contributed by atoms with Gasteiger partial charge in [0.25, 0.3) is 0 Å². The fourth-order valence-corrected chi connectivity index (χ4v) is 3.41. The van der Waals surface area contributed by atoms with Gasteiger partial charge < -0.3 is 5.32 Å². The van der Waals surface area contributed by atoms with Crippen LogP contribution >= 0.6 is 0 Å². The van der Waals surface area contributed by atoms with Gasteiger partial charge in [0.2, 0.25) is 10.0 Å². The molecule has 0 aliphatic carbocycles. The summed E-state index contributed by atoms with van der Waals surface area (Å²) in [6, 6.07) is 7.06. The highest BCUT2D eigenvalue weighted by Crippen LogP contribution is 2.20. The Morgan fingerprint density at radius 1 is 1.39 bits per heavy atom. The van der Waals surface area contributed by atoms with E-state index in [1.165, 1.54) is 4.31 Å². The molecule has 0 aromatic heterocycles. The average molecular weight is 268 g/mol. The minimum Gasteiger partial charge on any atom is -0.316 e. The molecule has 1 N–H and O–H groups in total. The van der Waals surface area contributed by atoms with Crippen molar-refractivity contribution in [3.05, 3.63) is 42.5 Å². The van der Waals surface area contributed by atoms with Crippen LogP contribution < -0.4 is 5.32 Å². The average Bonchev–Trinajstić information content (AvgIpc) is 2.36. The summed E-state index contributed by atoms with van der Waals surface area (Å²) in [7, 11) is -1.65. The third kappa shape index (κ3) is 3.19. The molecule has 0 atom stereocenters. The van der Waals surface area contributed by atoms with Gasteiger partial charge in [-0.15, -0.1) is 6.58 Å². The number of nitrogens with zero attached hydrogens (tertiary/aromatic N) is 1. The lowest BCUT2D eigenvalue weighted by molar-refractivity contribution is 0.459. The van der Waals surface area contributed by atoms with E-state index in [-0.39, 0.29) is 0 Å². The van der Waals surface area contributed by atoms with Crippen molar-refractivity contribution in [3.63, 3.8) is 0 Å². The second-order valence-electron chi connectivity index (χ2n) is 3.88. The van der Waals surface area contributed by atoms with Crippen molar-refractivity contribution in [1.29, 1.82) is 0 Å². The van der Waals surface area contributed by atoms with E-state index in [9.17, 15) is 8.42 Å². The largest absolute Gasteiger partial charge is 0.316 e. The molecule has 0 heterocycles. The van der Waals surface area contributed by atoms with Crippen LogP contribution in [0.2, 0.25) is 0 Å². The first-order chi connectivity index (χ1) is 8.57. The summed E-state index contributed by atoms with van der Waals surface area (Å²) in [6.45, 7) is 6.70.